The highest BCUT2D eigenvalue weighted by atomic mass is 16.5. The van der Waals surface area contributed by atoms with Crippen molar-refractivity contribution in [2.45, 2.75) is 64.5 Å². The molecule has 1 aliphatic rings. The van der Waals surface area contributed by atoms with Gasteiger partial charge in [-0.05, 0) is 45.4 Å². The van der Waals surface area contributed by atoms with Crippen LogP contribution in [-0.4, -0.2) is 17.6 Å². The number of rotatable bonds is 3. The summed E-state index contributed by atoms with van der Waals surface area (Å²) in [4.78, 5) is 11.5. The van der Waals surface area contributed by atoms with Crippen LogP contribution in [-0.2, 0) is 9.53 Å². The molecule has 0 atom stereocenters. The van der Waals surface area contributed by atoms with Gasteiger partial charge in [-0.15, -0.1) is 0 Å². The van der Waals surface area contributed by atoms with E-state index in [-0.39, 0.29) is 12.1 Å². The Bertz CT molecular complexity index is 212. The zero-order valence-corrected chi connectivity index (χ0v) is 10.1. The lowest BCUT2D eigenvalue weighted by molar-refractivity contribution is -0.152. The van der Waals surface area contributed by atoms with Gasteiger partial charge in [-0.1, -0.05) is 6.92 Å². The lowest BCUT2D eigenvalue weighted by Crippen LogP contribution is -2.36. The van der Waals surface area contributed by atoms with Crippen LogP contribution in [0, 0.1) is 5.92 Å². The second kappa shape index (κ2) is 4.97. The Hall–Kier alpha value is -0.570. The number of carbonyl (C=O) groups is 1. The van der Waals surface area contributed by atoms with Gasteiger partial charge < -0.3 is 10.5 Å². The third-order valence-corrected chi connectivity index (χ3v) is 2.86. The van der Waals surface area contributed by atoms with E-state index in [1.165, 1.54) is 12.8 Å². The topological polar surface area (TPSA) is 52.3 Å². The molecule has 1 saturated carbocycles. The monoisotopic (exact) mass is 213 g/mol. The first-order valence-electron chi connectivity index (χ1n) is 5.85. The van der Waals surface area contributed by atoms with Crippen LogP contribution in [0.3, 0.4) is 0 Å². The maximum atomic E-state index is 11.5. The van der Waals surface area contributed by atoms with E-state index < -0.39 is 5.54 Å². The number of esters is 1. The normalized spacial score (nSPS) is 27.5. The zero-order valence-electron chi connectivity index (χ0n) is 10.1. The van der Waals surface area contributed by atoms with Crippen molar-refractivity contribution in [1.29, 1.82) is 0 Å². The highest BCUT2D eigenvalue weighted by Crippen LogP contribution is 2.26. The van der Waals surface area contributed by atoms with Crippen molar-refractivity contribution in [1.82, 2.24) is 0 Å². The van der Waals surface area contributed by atoms with E-state index in [1.807, 2.05) is 13.8 Å². The van der Waals surface area contributed by atoms with E-state index in [0.29, 0.717) is 6.42 Å². The summed E-state index contributed by atoms with van der Waals surface area (Å²) in [7, 11) is 0. The molecule has 15 heavy (non-hydrogen) atoms. The second-order valence-corrected chi connectivity index (χ2v) is 5.54. The fraction of sp³-hybridized carbons (Fsp3) is 0.917. The highest BCUT2D eigenvalue weighted by Gasteiger charge is 2.24. The van der Waals surface area contributed by atoms with Crippen molar-refractivity contribution < 1.29 is 9.53 Å². The molecule has 3 heteroatoms. The van der Waals surface area contributed by atoms with Crippen LogP contribution in [0.1, 0.15) is 52.9 Å². The minimum absolute atomic E-state index is 0.135. The molecule has 0 aromatic rings. The summed E-state index contributed by atoms with van der Waals surface area (Å²) in [6.07, 6.45) is 4.80. The summed E-state index contributed by atoms with van der Waals surface area (Å²) in [5, 5.41) is 0. The van der Waals surface area contributed by atoms with Crippen LogP contribution >= 0.6 is 0 Å². The molecule has 0 bridgehead atoms. The Balaban J connectivity index is 2.27. The largest absolute Gasteiger partial charge is 0.462 e. The van der Waals surface area contributed by atoms with Crippen LogP contribution < -0.4 is 5.73 Å². The predicted molar refractivity (Wildman–Crippen MR) is 60.4 cm³/mol. The maximum absolute atomic E-state index is 11.5. The Labute approximate surface area is 92.4 Å². The average Bonchev–Trinajstić information content (AvgIpc) is 2.05. The lowest BCUT2D eigenvalue weighted by atomic mass is 9.89. The Morgan fingerprint density at radius 2 is 1.87 bits per heavy atom. The van der Waals surface area contributed by atoms with Gasteiger partial charge in [0.05, 0.1) is 6.42 Å². The SMILES string of the molecule is CC1CCC(OC(=O)CC(C)(C)N)CC1. The van der Waals surface area contributed by atoms with Crippen LogP contribution in [0.5, 0.6) is 0 Å². The van der Waals surface area contributed by atoms with Gasteiger partial charge in [0, 0.05) is 5.54 Å². The average molecular weight is 213 g/mol. The van der Waals surface area contributed by atoms with Gasteiger partial charge in [-0.2, -0.15) is 0 Å². The molecule has 0 radical (unpaired) electrons. The molecule has 0 heterocycles. The number of carbonyl (C=O) groups excluding carboxylic acids is 1. The van der Waals surface area contributed by atoms with Gasteiger partial charge in [0.1, 0.15) is 6.10 Å². The van der Waals surface area contributed by atoms with Crippen LogP contribution in [0.2, 0.25) is 0 Å². The van der Waals surface area contributed by atoms with E-state index in [2.05, 4.69) is 6.92 Å². The first-order valence-corrected chi connectivity index (χ1v) is 5.85. The third-order valence-electron chi connectivity index (χ3n) is 2.86. The predicted octanol–water partition coefficient (Wildman–Crippen LogP) is 2.24. The molecule has 0 saturated heterocycles. The van der Waals surface area contributed by atoms with Gasteiger partial charge >= 0.3 is 5.97 Å². The summed E-state index contributed by atoms with van der Waals surface area (Å²) < 4.78 is 5.40. The van der Waals surface area contributed by atoms with E-state index in [9.17, 15) is 4.79 Å². The summed E-state index contributed by atoms with van der Waals surface area (Å²) in [6, 6.07) is 0. The molecule has 0 aliphatic heterocycles. The fourth-order valence-electron chi connectivity index (χ4n) is 1.95. The molecule has 3 nitrogen and oxygen atoms in total. The molecule has 1 fully saturated rings. The van der Waals surface area contributed by atoms with Gasteiger partial charge in [0.15, 0.2) is 0 Å². The standard InChI is InChI=1S/C12H23NO2/c1-9-4-6-10(7-5-9)15-11(14)8-12(2,3)13/h9-10H,4-8,13H2,1-3H3. The molecule has 0 aromatic carbocycles. The van der Waals surface area contributed by atoms with Gasteiger partial charge in [-0.3, -0.25) is 4.79 Å². The Morgan fingerprint density at radius 3 is 2.33 bits per heavy atom. The van der Waals surface area contributed by atoms with Crippen molar-refractivity contribution in [3.63, 3.8) is 0 Å². The molecule has 0 spiro atoms. The summed E-state index contributed by atoms with van der Waals surface area (Å²) >= 11 is 0. The van der Waals surface area contributed by atoms with Crippen molar-refractivity contribution in [3.8, 4) is 0 Å². The summed E-state index contributed by atoms with van der Waals surface area (Å²) in [5.74, 6) is 0.632. The van der Waals surface area contributed by atoms with E-state index in [4.69, 9.17) is 10.5 Å². The molecule has 1 rings (SSSR count). The minimum Gasteiger partial charge on any atom is -0.462 e. The minimum atomic E-state index is -0.459. The number of hydrogen-bond donors (Lipinski definition) is 1. The van der Waals surface area contributed by atoms with Gasteiger partial charge in [-0.25, -0.2) is 0 Å². The zero-order chi connectivity index (χ0) is 11.5. The maximum Gasteiger partial charge on any atom is 0.307 e. The highest BCUT2D eigenvalue weighted by molar-refractivity contribution is 5.70. The number of ether oxygens (including phenoxy) is 1. The molecule has 0 aromatic heterocycles. The lowest BCUT2D eigenvalue weighted by Gasteiger charge is -2.27. The molecule has 88 valence electrons. The quantitative estimate of drug-likeness (QED) is 0.731. The third kappa shape index (κ3) is 5.17. The molecule has 0 amide bonds. The Kier molecular flexibility index (Phi) is 4.14. The van der Waals surface area contributed by atoms with Crippen molar-refractivity contribution in [3.05, 3.63) is 0 Å². The summed E-state index contributed by atoms with van der Waals surface area (Å²) in [6.45, 7) is 5.94. The molecular weight excluding hydrogens is 190 g/mol. The first-order chi connectivity index (χ1) is 6.87. The number of nitrogens with two attached hydrogens (primary N) is 1. The molecular formula is C12H23NO2. The van der Waals surface area contributed by atoms with Crippen LogP contribution in [0.25, 0.3) is 0 Å². The van der Waals surface area contributed by atoms with E-state index >= 15 is 0 Å². The van der Waals surface area contributed by atoms with Crippen LogP contribution in [0.15, 0.2) is 0 Å². The van der Waals surface area contributed by atoms with E-state index in [0.717, 1.165) is 18.8 Å². The second-order valence-electron chi connectivity index (χ2n) is 5.54. The van der Waals surface area contributed by atoms with Crippen molar-refractivity contribution in [2.75, 3.05) is 0 Å². The van der Waals surface area contributed by atoms with Crippen molar-refractivity contribution in [2.24, 2.45) is 11.7 Å². The van der Waals surface area contributed by atoms with Gasteiger partial charge in [0.25, 0.3) is 0 Å². The fourth-order valence-corrected chi connectivity index (χ4v) is 1.95. The van der Waals surface area contributed by atoms with Crippen LogP contribution in [0.4, 0.5) is 0 Å². The smallest absolute Gasteiger partial charge is 0.307 e. The van der Waals surface area contributed by atoms with Gasteiger partial charge in [0.2, 0.25) is 0 Å². The molecule has 0 unspecified atom stereocenters. The van der Waals surface area contributed by atoms with E-state index in [1.54, 1.807) is 0 Å². The first kappa shape index (κ1) is 12.5. The summed E-state index contributed by atoms with van der Waals surface area (Å²) in [5.41, 5.74) is 5.30. The number of hydrogen-bond acceptors (Lipinski definition) is 3. The molecule has 2 N–H and O–H groups in total. The van der Waals surface area contributed by atoms with Crippen molar-refractivity contribution >= 4 is 5.97 Å². The molecule has 1 aliphatic carbocycles. The Morgan fingerprint density at radius 1 is 1.33 bits per heavy atom.